The predicted molar refractivity (Wildman–Crippen MR) is 155 cm³/mol. The van der Waals surface area contributed by atoms with Crippen molar-refractivity contribution in [1.29, 1.82) is 5.26 Å². The van der Waals surface area contributed by atoms with Gasteiger partial charge in [0.25, 0.3) is 0 Å². The van der Waals surface area contributed by atoms with Crippen LogP contribution in [0.25, 0.3) is 11.1 Å². The molecule has 2 heterocycles. The van der Waals surface area contributed by atoms with Crippen molar-refractivity contribution >= 4 is 21.0 Å². The van der Waals surface area contributed by atoms with Crippen LogP contribution in [-0.4, -0.2) is 43.3 Å². The fourth-order valence-electron chi connectivity index (χ4n) is 6.17. The van der Waals surface area contributed by atoms with Crippen molar-refractivity contribution in [3.05, 3.63) is 88.7 Å². The minimum atomic E-state index is -3.51. The Morgan fingerprint density at radius 1 is 1.07 bits per heavy atom. The van der Waals surface area contributed by atoms with E-state index in [-0.39, 0.29) is 33.9 Å². The van der Waals surface area contributed by atoms with Gasteiger partial charge >= 0.3 is 0 Å². The van der Waals surface area contributed by atoms with Crippen molar-refractivity contribution in [2.75, 3.05) is 18.8 Å². The smallest absolute Gasteiger partial charge is 0.179 e. The third kappa shape index (κ3) is 5.37. The Morgan fingerprint density at radius 2 is 1.83 bits per heavy atom. The Bertz CT molecular complexity index is 1670. The second-order valence-corrected chi connectivity index (χ2v) is 13.7. The summed E-state index contributed by atoms with van der Waals surface area (Å²) < 4.78 is 47.5. The molecule has 1 aliphatic carbocycles. The summed E-state index contributed by atoms with van der Waals surface area (Å²) in [4.78, 5) is 2.51. The number of hydrogen-bond acceptors (Lipinski definition) is 6. The van der Waals surface area contributed by atoms with Gasteiger partial charge in [-0.2, -0.15) is 5.26 Å². The Kier molecular flexibility index (Phi) is 7.13. The number of benzene rings is 3. The van der Waals surface area contributed by atoms with Gasteiger partial charge in [0.1, 0.15) is 29.5 Å². The van der Waals surface area contributed by atoms with Gasteiger partial charge in [0, 0.05) is 23.7 Å². The molecule has 3 aromatic carbocycles. The van der Waals surface area contributed by atoms with Gasteiger partial charge in [0.2, 0.25) is 0 Å². The Balaban J connectivity index is 1.39. The van der Waals surface area contributed by atoms with Crippen molar-refractivity contribution < 1.29 is 22.7 Å². The highest BCUT2D eigenvalue weighted by Gasteiger charge is 2.39. The fourth-order valence-corrected chi connectivity index (χ4v) is 7.76. The lowest BCUT2D eigenvalue weighted by Crippen LogP contribution is -2.36. The number of phenols is 1. The number of rotatable bonds is 7. The third-order valence-corrected chi connectivity index (χ3v) is 10.4. The molecule has 6 rings (SSSR count). The molecular weight excluding hydrogens is 539 g/mol. The molecule has 1 saturated carbocycles. The first-order valence-corrected chi connectivity index (χ1v) is 15.8. The van der Waals surface area contributed by atoms with Gasteiger partial charge < -0.3 is 9.84 Å². The van der Waals surface area contributed by atoms with Crippen LogP contribution in [-0.2, 0) is 9.84 Å². The summed E-state index contributed by atoms with van der Waals surface area (Å²) in [6.07, 6.45) is 2.42. The van der Waals surface area contributed by atoms with Crippen molar-refractivity contribution in [3.63, 3.8) is 0 Å². The quantitative estimate of drug-likeness (QED) is 0.354. The van der Waals surface area contributed by atoms with Crippen LogP contribution >= 0.6 is 0 Å². The topological polar surface area (TPSA) is 90.6 Å². The molecule has 0 amide bonds. The first-order chi connectivity index (χ1) is 19.6. The van der Waals surface area contributed by atoms with Crippen LogP contribution in [0.15, 0.2) is 65.6 Å². The molecule has 3 atom stereocenters. The largest absolute Gasteiger partial charge is 0.508 e. The van der Waals surface area contributed by atoms with Crippen LogP contribution in [0.2, 0.25) is 0 Å². The fraction of sp³-hybridized carbons (Fsp3) is 0.364. The van der Waals surface area contributed by atoms with Gasteiger partial charge in [0.05, 0.1) is 16.2 Å². The first-order valence-electron chi connectivity index (χ1n) is 14.2. The maximum Gasteiger partial charge on any atom is 0.179 e. The van der Waals surface area contributed by atoms with Gasteiger partial charge in [-0.25, -0.2) is 12.8 Å². The van der Waals surface area contributed by atoms with Crippen molar-refractivity contribution in [2.24, 2.45) is 11.8 Å². The molecule has 2 fully saturated rings. The van der Waals surface area contributed by atoms with Crippen LogP contribution in [0.1, 0.15) is 61.5 Å². The molecule has 3 unspecified atom stereocenters. The van der Waals surface area contributed by atoms with E-state index >= 15 is 0 Å². The number of nitrogens with zero attached hydrogens (tertiary/aromatic N) is 2. The lowest BCUT2D eigenvalue weighted by atomic mass is 9.83. The van der Waals surface area contributed by atoms with Gasteiger partial charge in [-0.1, -0.05) is 25.1 Å². The summed E-state index contributed by atoms with van der Waals surface area (Å²) in [5.74, 6) is 1.01. The van der Waals surface area contributed by atoms with Crippen LogP contribution in [0, 0.1) is 29.0 Å². The number of halogens is 1. The Hall–Kier alpha value is -3.67. The van der Waals surface area contributed by atoms with Gasteiger partial charge in [-0.3, -0.25) is 4.90 Å². The number of sulfone groups is 1. The zero-order valence-corrected chi connectivity index (χ0v) is 24.0. The summed E-state index contributed by atoms with van der Waals surface area (Å²) >= 11 is 0. The number of likely N-dealkylation sites (tertiary alicyclic amines) is 1. The minimum absolute atomic E-state index is 0.0549. The van der Waals surface area contributed by atoms with E-state index in [4.69, 9.17) is 4.74 Å². The zero-order chi connectivity index (χ0) is 28.9. The lowest BCUT2D eigenvalue weighted by Gasteiger charge is -2.32. The summed E-state index contributed by atoms with van der Waals surface area (Å²) in [5, 5.41) is 19.8. The molecule has 0 radical (unpaired) electrons. The maximum absolute atomic E-state index is 14.3. The van der Waals surface area contributed by atoms with Crippen molar-refractivity contribution in [3.8, 4) is 17.6 Å². The molecule has 0 bridgehead atoms. The SMILES string of the molecule is CC1CCN(C(C)CS(=O)(=O)c2ccc(C3Oc4ccc(O)cc4C(C4CC4)=C3c3ccc(F)c(C#N)c3)cc2)C1. The second-order valence-electron chi connectivity index (χ2n) is 11.7. The summed E-state index contributed by atoms with van der Waals surface area (Å²) in [6.45, 7) is 6.01. The normalized spacial score (nSPS) is 21.7. The number of hydrogen-bond donors (Lipinski definition) is 1. The molecule has 41 heavy (non-hydrogen) atoms. The van der Waals surface area contributed by atoms with E-state index in [1.807, 2.05) is 13.0 Å². The molecule has 0 spiro atoms. The Labute approximate surface area is 240 Å². The number of nitriles is 1. The monoisotopic (exact) mass is 572 g/mol. The molecule has 3 aliphatic rings. The molecular formula is C33H33FN2O4S. The van der Waals surface area contributed by atoms with E-state index in [1.165, 1.54) is 12.1 Å². The van der Waals surface area contributed by atoms with Crippen molar-refractivity contribution in [2.45, 2.75) is 50.2 Å². The van der Waals surface area contributed by atoms with E-state index in [0.29, 0.717) is 17.2 Å². The van der Waals surface area contributed by atoms with E-state index in [0.717, 1.165) is 54.6 Å². The standard InChI is InChI=1S/C33H33FN2O4S/c1-20-13-14-36(18-20)21(2)19-41(38,39)27-9-5-23(6-10-27)33-32(24-7-11-29(34)25(15-24)17-35)31(22-3-4-22)28-16-26(37)8-12-30(28)40-33/h5-12,15-16,20-22,33,37H,3-4,13-14,18-19H2,1-2H3. The van der Waals surface area contributed by atoms with Gasteiger partial charge in [-0.05, 0) is 104 Å². The average Bonchev–Trinajstić information content (AvgIpc) is 3.70. The third-order valence-electron chi connectivity index (χ3n) is 8.52. The highest BCUT2D eigenvalue weighted by atomic mass is 32.2. The number of allylic oxidation sites excluding steroid dienone is 1. The van der Waals surface area contributed by atoms with E-state index in [2.05, 4.69) is 11.8 Å². The molecule has 0 aromatic heterocycles. The first kappa shape index (κ1) is 27.5. The summed E-state index contributed by atoms with van der Waals surface area (Å²) in [6, 6.07) is 18.2. The zero-order valence-electron chi connectivity index (χ0n) is 23.2. The number of fused-ring (bicyclic) bond motifs is 1. The second kappa shape index (κ2) is 10.6. The maximum atomic E-state index is 14.3. The molecule has 3 aromatic rings. The number of ether oxygens (including phenoxy) is 1. The van der Waals surface area contributed by atoms with E-state index in [1.54, 1.807) is 48.5 Å². The van der Waals surface area contributed by atoms with Crippen LogP contribution < -0.4 is 4.74 Å². The van der Waals surface area contributed by atoms with Gasteiger partial charge in [-0.15, -0.1) is 0 Å². The molecule has 212 valence electrons. The van der Waals surface area contributed by atoms with Gasteiger partial charge in [0.15, 0.2) is 9.84 Å². The number of phenolic OH excluding ortho intramolecular Hbond substituents is 1. The van der Waals surface area contributed by atoms with E-state index < -0.39 is 21.8 Å². The summed E-state index contributed by atoms with van der Waals surface area (Å²) in [7, 11) is -3.51. The van der Waals surface area contributed by atoms with E-state index in [9.17, 15) is 23.2 Å². The highest BCUT2D eigenvalue weighted by molar-refractivity contribution is 7.91. The minimum Gasteiger partial charge on any atom is -0.508 e. The molecule has 1 N–H and O–H groups in total. The van der Waals surface area contributed by atoms with Crippen LogP contribution in [0.4, 0.5) is 4.39 Å². The average molecular weight is 573 g/mol. The Morgan fingerprint density at radius 3 is 2.49 bits per heavy atom. The predicted octanol–water partition coefficient (Wildman–Crippen LogP) is 6.36. The summed E-state index contributed by atoms with van der Waals surface area (Å²) in [5.41, 5.74) is 3.94. The van der Waals surface area contributed by atoms with Crippen LogP contribution in [0.5, 0.6) is 11.5 Å². The molecule has 8 heteroatoms. The molecule has 6 nitrogen and oxygen atoms in total. The highest BCUT2D eigenvalue weighted by Crippen LogP contribution is 2.55. The van der Waals surface area contributed by atoms with Crippen molar-refractivity contribution in [1.82, 2.24) is 4.90 Å². The number of aromatic hydroxyl groups is 1. The molecule has 1 saturated heterocycles. The molecule has 2 aliphatic heterocycles. The lowest BCUT2D eigenvalue weighted by molar-refractivity contribution is 0.259. The van der Waals surface area contributed by atoms with Crippen LogP contribution in [0.3, 0.4) is 0 Å².